The fraction of sp³-hybridized carbons (Fsp3) is 0.417. The quantitative estimate of drug-likeness (QED) is 0.201. The van der Waals surface area contributed by atoms with Crippen LogP contribution < -0.4 is 9.47 Å². The molecular formula is C24H30O5P+. The molecule has 0 saturated heterocycles. The molecule has 1 atom stereocenters. The average molecular weight is 429 g/mol. The number of benzene rings is 2. The van der Waals surface area contributed by atoms with Gasteiger partial charge < -0.3 is 9.47 Å². The SMILES string of the molecule is COc1cccc(OC)c1C(=O)[P+](=O)CCCCCCCCC(=O)c1ccccc1. The van der Waals surface area contributed by atoms with E-state index < -0.39 is 13.3 Å². The highest BCUT2D eigenvalue weighted by molar-refractivity contribution is 7.64. The van der Waals surface area contributed by atoms with Gasteiger partial charge in [0.15, 0.2) is 17.5 Å². The van der Waals surface area contributed by atoms with Crippen molar-refractivity contribution in [3.8, 4) is 11.5 Å². The number of rotatable bonds is 14. The number of hydrogen-bond donors (Lipinski definition) is 0. The van der Waals surface area contributed by atoms with Crippen molar-refractivity contribution in [3.63, 3.8) is 0 Å². The molecule has 6 heteroatoms. The first kappa shape index (κ1) is 23.8. The molecular weight excluding hydrogens is 399 g/mol. The number of hydrogen-bond acceptors (Lipinski definition) is 5. The minimum atomic E-state index is -2.02. The molecule has 0 amide bonds. The lowest BCUT2D eigenvalue weighted by Crippen LogP contribution is -2.03. The zero-order valence-electron chi connectivity index (χ0n) is 17.8. The summed E-state index contributed by atoms with van der Waals surface area (Å²) in [6.45, 7) is 0. The second kappa shape index (κ2) is 12.9. The first-order valence-electron chi connectivity index (χ1n) is 10.4. The van der Waals surface area contributed by atoms with Crippen molar-refractivity contribution in [2.24, 2.45) is 0 Å². The van der Waals surface area contributed by atoms with Crippen LogP contribution in [0.1, 0.15) is 65.7 Å². The van der Waals surface area contributed by atoms with Crippen LogP contribution in [0.5, 0.6) is 11.5 Å². The van der Waals surface area contributed by atoms with Gasteiger partial charge in [-0.3, -0.25) is 4.79 Å². The van der Waals surface area contributed by atoms with Crippen LogP contribution in [-0.2, 0) is 4.57 Å². The highest BCUT2D eigenvalue weighted by atomic mass is 31.1. The third kappa shape index (κ3) is 7.07. The number of methoxy groups -OCH3 is 2. The summed E-state index contributed by atoms with van der Waals surface area (Å²) in [5, 5.41) is 0. The van der Waals surface area contributed by atoms with E-state index in [4.69, 9.17) is 9.47 Å². The van der Waals surface area contributed by atoms with Crippen LogP contribution in [-0.4, -0.2) is 31.7 Å². The van der Waals surface area contributed by atoms with Crippen LogP contribution in [0.25, 0.3) is 0 Å². The topological polar surface area (TPSA) is 69.7 Å². The molecule has 0 heterocycles. The van der Waals surface area contributed by atoms with E-state index in [0.29, 0.717) is 24.1 Å². The molecule has 0 spiro atoms. The van der Waals surface area contributed by atoms with Gasteiger partial charge in [0.05, 0.1) is 14.2 Å². The van der Waals surface area contributed by atoms with Crippen molar-refractivity contribution in [2.45, 2.75) is 44.9 Å². The van der Waals surface area contributed by atoms with Gasteiger partial charge in [0.2, 0.25) is 0 Å². The van der Waals surface area contributed by atoms with Crippen molar-refractivity contribution in [1.82, 2.24) is 0 Å². The van der Waals surface area contributed by atoms with E-state index in [0.717, 1.165) is 44.1 Å². The number of Topliss-reactive ketones (excluding diaryl/α,β-unsaturated/α-hetero) is 1. The Morgan fingerprint density at radius 1 is 0.767 bits per heavy atom. The Morgan fingerprint density at radius 2 is 1.33 bits per heavy atom. The molecule has 160 valence electrons. The van der Waals surface area contributed by atoms with E-state index in [9.17, 15) is 14.2 Å². The molecule has 0 bridgehead atoms. The molecule has 0 aliphatic rings. The third-order valence-corrected chi connectivity index (χ3v) is 6.38. The molecule has 0 saturated carbocycles. The fourth-order valence-electron chi connectivity index (χ4n) is 3.30. The summed E-state index contributed by atoms with van der Waals surface area (Å²) < 4.78 is 22.9. The average Bonchev–Trinajstić information content (AvgIpc) is 2.79. The second-order valence-electron chi connectivity index (χ2n) is 7.11. The lowest BCUT2D eigenvalue weighted by molar-refractivity contribution is 0.0978. The lowest BCUT2D eigenvalue weighted by Gasteiger charge is -2.07. The number of ketones is 1. The number of ether oxygens (including phenoxy) is 2. The standard InChI is InChI=1S/C24H30O5P/c1-28-21-16-12-17-22(29-2)23(21)24(26)30(27)18-11-6-4-3-5-10-15-20(25)19-13-8-7-9-14-19/h7-9,12-14,16-17H,3-6,10-11,15,18H2,1-2H3/q+1. The molecule has 0 N–H and O–H groups in total. The normalized spacial score (nSPS) is 11.1. The first-order valence-corrected chi connectivity index (χ1v) is 11.8. The molecule has 0 radical (unpaired) electrons. The van der Waals surface area contributed by atoms with Gasteiger partial charge >= 0.3 is 13.3 Å². The molecule has 2 aromatic carbocycles. The summed E-state index contributed by atoms with van der Waals surface area (Å²) in [4.78, 5) is 24.7. The Labute approximate surface area is 179 Å². The van der Waals surface area contributed by atoms with Crippen molar-refractivity contribution >= 4 is 19.1 Å². The Bertz CT molecular complexity index is 826. The smallest absolute Gasteiger partial charge is 0.420 e. The van der Waals surface area contributed by atoms with Crippen LogP contribution in [0.15, 0.2) is 48.5 Å². The van der Waals surface area contributed by atoms with E-state index in [-0.39, 0.29) is 11.3 Å². The minimum Gasteiger partial charge on any atom is -0.496 e. The zero-order chi connectivity index (χ0) is 21.8. The van der Waals surface area contributed by atoms with Crippen LogP contribution in [0.3, 0.4) is 0 Å². The summed E-state index contributed by atoms with van der Waals surface area (Å²) in [5.74, 6) is 0.957. The van der Waals surface area contributed by atoms with E-state index >= 15 is 0 Å². The summed E-state index contributed by atoms with van der Waals surface area (Å²) in [5.41, 5.74) is 0.614. The second-order valence-corrected chi connectivity index (χ2v) is 8.72. The van der Waals surface area contributed by atoms with Gasteiger partial charge in [-0.1, -0.05) is 60.2 Å². The summed E-state index contributed by atoms with van der Waals surface area (Å²) in [6.07, 6.45) is 6.52. The first-order chi connectivity index (χ1) is 14.6. The van der Waals surface area contributed by atoms with Gasteiger partial charge in [0.25, 0.3) is 0 Å². The van der Waals surface area contributed by atoms with Crippen LogP contribution >= 0.6 is 7.80 Å². The maximum absolute atomic E-state index is 12.6. The molecule has 2 aromatic rings. The summed E-state index contributed by atoms with van der Waals surface area (Å²) in [7, 11) is 0.939. The van der Waals surface area contributed by atoms with Crippen LogP contribution in [0, 0.1) is 0 Å². The maximum Gasteiger partial charge on any atom is 0.420 e. The van der Waals surface area contributed by atoms with Gasteiger partial charge in [-0.2, -0.15) is 0 Å². The zero-order valence-corrected chi connectivity index (χ0v) is 18.7. The van der Waals surface area contributed by atoms with Gasteiger partial charge in [-0.25, -0.2) is 4.79 Å². The molecule has 0 aromatic heterocycles. The Kier molecular flexibility index (Phi) is 10.2. The van der Waals surface area contributed by atoms with Crippen molar-refractivity contribution in [1.29, 1.82) is 0 Å². The highest BCUT2D eigenvalue weighted by Crippen LogP contribution is 2.37. The van der Waals surface area contributed by atoms with Crippen molar-refractivity contribution < 1.29 is 23.6 Å². The van der Waals surface area contributed by atoms with E-state index in [2.05, 4.69) is 0 Å². The number of unbranched alkanes of at least 4 members (excludes halogenated alkanes) is 5. The predicted octanol–water partition coefficient (Wildman–Crippen LogP) is 6.29. The van der Waals surface area contributed by atoms with E-state index in [1.807, 2.05) is 30.3 Å². The highest BCUT2D eigenvalue weighted by Gasteiger charge is 2.34. The summed E-state index contributed by atoms with van der Waals surface area (Å²) >= 11 is 0. The Balaban J connectivity index is 1.65. The third-order valence-electron chi connectivity index (χ3n) is 4.98. The van der Waals surface area contributed by atoms with Gasteiger partial charge in [-0.05, 0) is 31.4 Å². The molecule has 0 aliphatic carbocycles. The fourth-order valence-corrected chi connectivity index (χ4v) is 4.49. The lowest BCUT2D eigenvalue weighted by atomic mass is 10.0. The number of carbonyl (C=O) groups excluding carboxylic acids is 2. The molecule has 0 fully saturated rings. The molecule has 1 unspecified atom stereocenters. The van der Waals surface area contributed by atoms with Crippen molar-refractivity contribution in [3.05, 3.63) is 59.7 Å². The van der Waals surface area contributed by atoms with Gasteiger partial charge in [0, 0.05) is 12.0 Å². The van der Waals surface area contributed by atoms with Gasteiger partial charge in [-0.15, -0.1) is 0 Å². The number of carbonyl (C=O) groups is 2. The Morgan fingerprint density at radius 3 is 1.93 bits per heavy atom. The van der Waals surface area contributed by atoms with Crippen LogP contribution in [0.4, 0.5) is 0 Å². The van der Waals surface area contributed by atoms with E-state index in [1.165, 1.54) is 14.2 Å². The van der Waals surface area contributed by atoms with Gasteiger partial charge in [0.1, 0.15) is 11.5 Å². The van der Waals surface area contributed by atoms with Crippen molar-refractivity contribution in [2.75, 3.05) is 20.4 Å². The molecule has 0 aliphatic heterocycles. The maximum atomic E-state index is 12.6. The monoisotopic (exact) mass is 429 g/mol. The van der Waals surface area contributed by atoms with Crippen LogP contribution in [0.2, 0.25) is 0 Å². The molecule has 30 heavy (non-hydrogen) atoms. The van der Waals surface area contributed by atoms with E-state index in [1.54, 1.807) is 18.2 Å². The molecule has 5 nitrogen and oxygen atoms in total. The largest absolute Gasteiger partial charge is 0.496 e. The minimum absolute atomic E-state index is 0.192. The summed E-state index contributed by atoms with van der Waals surface area (Å²) in [6, 6.07) is 14.4. The molecule has 2 rings (SSSR count). The Hall–Kier alpha value is -2.52. The predicted molar refractivity (Wildman–Crippen MR) is 119 cm³/mol.